The molecule has 2 atom stereocenters. The van der Waals surface area contributed by atoms with E-state index in [0.717, 1.165) is 9.21 Å². The Bertz CT molecular complexity index is 463. The molecule has 2 rings (SSSR count). The Balaban J connectivity index is 2.06. The van der Waals surface area contributed by atoms with Gasteiger partial charge < -0.3 is 15.4 Å². The molecule has 1 aromatic rings. The largest absolute Gasteiger partial charge is 0.379 e. The van der Waals surface area contributed by atoms with Gasteiger partial charge >= 0.3 is 0 Å². The zero-order valence-corrected chi connectivity index (χ0v) is 12.1. The Labute approximate surface area is 121 Å². The molecule has 0 aromatic carbocycles. The fraction of sp³-hybridized carbons (Fsp3) is 0.462. The van der Waals surface area contributed by atoms with Crippen molar-refractivity contribution in [2.24, 2.45) is 11.7 Å². The summed E-state index contributed by atoms with van der Waals surface area (Å²) in [4.78, 5) is 15.2. The molecule has 1 aromatic heterocycles. The normalized spacial score (nSPS) is 22.4. The number of hydrogen-bond acceptors (Lipinski definition) is 4. The lowest BCUT2D eigenvalue weighted by Gasteiger charge is -2.25. The maximum atomic E-state index is 12.4. The third-order valence-electron chi connectivity index (χ3n) is 3.08. The van der Waals surface area contributed by atoms with E-state index >= 15 is 0 Å². The van der Waals surface area contributed by atoms with Crippen molar-refractivity contribution < 1.29 is 9.53 Å². The molecule has 2 N–H and O–H groups in total. The molecule has 0 radical (unpaired) electrons. The first-order valence-corrected chi connectivity index (χ1v) is 7.28. The van der Waals surface area contributed by atoms with Crippen LogP contribution in [0.5, 0.6) is 0 Å². The topological polar surface area (TPSA) is 55.6 Å². The highest BCUT2D eigenvalue weighted by Crippen LogP contribution is 2.24. The summed E-state index contributed by atoms with van der Waals surface area (Å²) in [5, 5.41) is 0. The predicted molar refractivity (Wildman–Crippen MR) is 77.2 cm³/mol. The van der Waals surface area contributed by atoms with Crippen molar-refractivity contribution in [3.8, 4) is 0 Å². The van der Waals surface area contributed by atoms with E-state index in [1.807, 2.05) is 12.1 Å². The number of nitrogens with two attached hydrogens (primary N) is 1. The molecular formula is C13H17ClN2O2S. The van der Waals surface area contributed by atoms with E-state index in [2.05, 4.69) is 6.58 Å². The lowest BCUT2D eigenvalue weighted by molar-refractivity contribution is -0.135. The number of hydrogen-bond donors (Lipinski definition) is 1. The molecule has 6 heteroatoms. The lowest BCUT2D eigenvalue weighted by Crippen LogP contribution is -2.43. The van der Waals surface area contributed by atoms with Crippen molar-refractivity contribution in [2.45, 2.75) is 12.6 Å². The maximum Gasteiger partial charge on any atom is 0.230 e. The van der Waals surface area contributed by atoms with Gasteiger partial charge in [-0.05, 0) is 12.1 Å². The third-order valence-corrected chi connectivity index (χ3v) is 4.29. The Morgan fingerprint density at radius 1 is 1.63 bits per heavy atom. The number of halogens is 1. The maximum absolute atomic E-state index is 12.4. The molecule has 0 bridgehead atoms. The lowest BCUT2D eigenvalue weighted by atomic mass is 10.0. The predicted octanol–water partition coefficient (Wildman–Crippen LogP) is 1.89. The summed E-state index contributed by atoms with van der Waals surface area (Å²) >= 11 is 7.38. The van der Waals surface area contributed by atoms with Crippen molar-refractivity contribution in [3.63, 3.8) is 0 Å². The zero-order chi connectivity index (χ0) is 13.8. The molecule has 19 heavy (non-hydrogen) atoms. The monoisotopic (exact) mass is 300 g/mol. The Morgan fingerprint density at radius 2 is 2.42 bits per heavy atom. The van der Waals surface area contributed by atoms with E-state index in [1.165, 1.54) is 11.3 Å². The molecule has 4 nitrogen and oxygen atoms in total. The van der Waals surface area contributed by atoms with Crippen LogP contribution in [-0.2, 0) is 16.1 Å². The molecule has 1 amide bonds. The molecule has 104 valence electrons. The molecule has 2 unspecified atom stereocenters. The first-order chi connectivity index (χ1) is 9.11. The summed E-state index contributed by atoms with van der Waals surface area (Å²) < 4.78 is 5.98. The van der Waals surface area contributed by atoms with Crippen LogP contribution in [0.25, 0.3) is 0 Å². The number of carbonyl (C=O) groups excluding carboxylic acids is 1. The van der Waals surface area contributed by atoms with E-state index in [-0.39, 0.29) is 17.9 Å². The van der Waals surface area contributed by atoms with Crippen LogP contribution in [0, 0.1) is 5.92 Å². The number of thiophene rings is 1. The summed E-state index contributed by atoms with van der Waals surface area (Å²) in [6.45, 7) is 5.58. The van der Waals surface area contributed by atoms with E-state index in [9.17, 15) is 4.79 Å². The van der Waals surface area contributed by atoms with Gasteiger partial charge in [-0.25, -0.2) is 0 Å². The molecule has 1 saturated heterocycles. The van der Waals surface area contributed by atoms with Crippen LogP contribution in [0.2, 0.25) is 4.34 Å². The minimum Gasteiger partial charge on any atom is -0.379 e. The number of ether oxygens (including phenoxy) is 1. The van der Waals surface area contributed by atoms with E-state index in [0.29, 0.717) is 26.3 Å². The van der Waals surface area contributed by atoms with Crippen LogP contribution in [0.1, 0.15) is 4.88 Å². The van der Waals surface area contributed by atoms with Gasteiger partial charge in [-0.3, -0.25) is 4.79 Å². The van der Waals surface area contributed by atoms with Crippen LogP contribution < -0.4 is 5.73 Å². The summed E-state index contributed by atoms with van der Waals surface area (Å²) in [5.41, 5.74) is 5.89. The minimum atomic E-state index is -0.254. The Morgan fingerprint density at radius 3 is 2.95 bits per heavy atom. The van der Waals surface area contributed by atoms with Gasteiger partial charge in [0.2, 0.25) is 5.91 Å². The minimum absolute atomic E-state index is 0.0226. The van der Waals surface area contributed by atoms with Gasteiger partial charge in [0, 0.05) is 17.5 Å². The highest BCUT2D eigenvalue weighted by atomic mass is 35.5. The molecule has 0 aliphatic carbocycles. The van der Waals surface area contributed by atoms with Crippen LogP contribution in [-0.4, -0.2) is 36.6 Å². The van der Waals surface area contributed by atoms with Gasteiger partial charge in [0.05, 0.1) is 30.0 Å². The van der Waals surface area contributed by atoms with Gasteiger partial charge in [0.15, 0.2) is 0 Å². The second kappa shape index (κ2) is 6.52. The Kier molecular flexibility index (Phi) is 4.99. The van der Waals surface area contributed by atoms with Crippen molar-refractivity contribution in [1.82, 2.24) is 4.90 Å². The van der Waals surface area contributed by atoms with Crippen LogP contribution in [0.3, 0.4) is 0 Å². The van der Waals surface area contributed by atoms with Crippen LogP contribution >= 0.6 is 22.9 Å². The summed E-state index contributed by atoms with van der Waals surface area (Å²) in [6, 6.07) is 3.55. The first kappa shape index (κ1) is 14.5. The number of nitrogens with zero attached hydrogens (tertiary/aromatic N) is 1. The summed E-state index contributed by atoms with van der Waals surface area (Å²) in [6.07, 6.45) is 1.72. The van der Waals surface area contributed by atoms with Crippen molar-refractivity contribution in [3.05, 3.63) is 34.0 Å². The highest BCUT2D eigenvalue weighted by molar-refractivity contribution is 7.16. The standard InChI is InChI=1S/C13H17ClN2O2S/c1-2-5-16(6-9-3-4-12(14)19-9)13(17)10-7-18-8-11(10)15/h2-4,10-11H,1,5-8,15H2. The van der Waals surface area contributed by atoms with Gasteiger partial charge in [-0.2, -0.15) is 0 Å². The molecule has 2 heterocycles. The second-order valence-electron chi connectivity index (χ2n) is 4.52. The number of carbonyl (C=O) groups is 1. The smallest absolute Gasteiger partial charge is 0.230 e. The third kappa shape index (κ3) is 3.57. The zero-order valence-electron chi connectivity index (χ0n) is 10.5. The molecule has 0 spiro atoms. The van der Waals surface area contributed by atoms with E-state index < -0.39 is 0 Å². The average molecular weight is 301 g/mol. The van der Waals surface area contributed by atoms with E-state index in [4.69, 9.17) is 22.1 Å². The van der Waals surface area contributed by atoms with E-state index in [1.54, 1.807) is 11.0 Å². The van der Waals surface area contributed by atoms with Gasteiger partial charge in [0.25, 0.3) is 0 Å². The first-order valence-electron chi connectivity index (χ1n) is 6.09. The summed E-state index contributed by atoms with van der Waals surface area (Å²) in [7, 11) is 0. The number of rotatable bonds is 5. The molecule has 1 aliphatic heterocycles. The molecule has 0 saturated carbocycles. The Hall–Kier alpha value is -0.880. The fourth-order valence-electron chi connectivity index (χ4n) is 2.07. The van der Waals surface area contributed by atoms with Crippen molar-refractivity contribution in [1.29, 1.82) is 0 Å². The molecular weight excluding hydrogens is 284 g/mol. The van der Waals surface area contributed by atoms with Crippen molar-refractivity contribution in [2.75, 3.05) is 19.8 Å². The van der Waals surface area contributed by atoms with Gasteiger partial charge in [0.1, 0.15) is 0 Å². The van der Waals surface area contributed by atoms with Gasteiger partial charge in [-0.15, -0.1) is 17.9 Å². The number of amides is 1. The fourth-order valence-corrected chi connectivity index (χ4v) is 3.18. The van der Waals surface area contributed by atoms with Crippen LogP contribution in [0.4, 0.5) is 0 Å². The second-order valence-corrected chi connectivity index (χ2v) is 6.32. The highest BCUT2D eigenvalue weighted by Gasteiger charge is 2.34. The van der Waals surface area contributed by atoms with Gasteiger partial charge in [-0.1, -0.05) is 17.7 Å². The van der Waals surface area contributed by atoms with Crippen LogP contribution in [0.15, 0.2) is 24.8 Å². The quantitative estimate of drug-likeness (QED) is 0.845. The van der Waals surface area contributed by atoms with Crippen molar-refractivity contribution >= 4 is 28.8 Å². The molecule has 1 fully saturated rings. The average Bonchev–Trinajstić information content (AvgIpc) is 2.97. The SMILES string of the molecule is C=CCN(Cc1ccc(Cl)s1)C(=O)C1COCC1N. The molecule has 1 aliphatic rings. The summed E-state index contributed by atoms with van der Waals surface area (Å²) in [5.74, 6) is -0.232.